The van der Waals surface area contributed by atoms with Crippen LogP contribution in [-0.4, -0.2) is 28.1 Å². The van der Waals surface area contributed by atoms with Crippen molar-refractivity contribution in [2.24, 2.45) is 0 Å². The Morgan fingerprint density at radius 1 is 1.21 bits per heavy atom. The number of carbonyl (C=O) groups excluding carboxylic acids is 2. The van der Waals surface area contributed by atoms with E-state index in [-0.39, 0.29) is 5.69 Å². The molecule has 0 unspecified atom stereocenters. The normalized spacial score (nSPS) is 16.2. The average Bonchev–Trinajstić information content (AvgIpc) is 3.16. The highest BCUT2D eigenvalue weighted by Crippen LogP contribution is 2.37. The van der Waals surface area contributed by atoms with Crippen LogP contribution in [0.3, 0.4) is 0 Å². The molecule has 1 aliphatic rings. The zero-order valence-corrected chi connectivity index (χ0v) is 13.5. The first-order valence-corrected chi connectivity index (χ1v) is 7.27. The maximum atomic E-state index is 12.4. The molecule has 0 radical (unpaired) electrons. The summed E-state index contributed by atoms with van der Waals surface area (Å²) >= 11 is 0. The molecule has 1 aliphatic carbocycles. The molecule has 1 saturated carbocycles. The minimum atomic E-state index is -4.54. The number of halogens is 3. The Balaban J connectivity index is 1.98. The van der Waals surface area contributed by atoms with E-state index in [4.69, 9.17) is 4.74 Å². The number of pyridine rings is 1. The van der Waals surface area contributed by atoms with Gasteiger partial charge < -0.3 is 15.4 Å². The number of hydrogen-bond donors (Lipinski definition) is 2. The number of hydrogen-bond acceptors (Lipinski definition) is 4. The standard InChI is InChI=1S/C15H18F3N3O3/c1-13(2,3)24-12(23)21-14(6-7-14)11(22)20-9-4-5-10(19-8-9)15(16,17)18/h4-5,8H,6-7H2,1-3H3,(H,20,22)(H,21,23). The highest BCUT2D eigenvalue weighted by molar-refractivity contribution is 6.02. The van der Waals surface area contributed by atoms with Gasteiger partial charge in [0.25, 0.3) is 0 Å². The molecule has 0 saturated heterocycles. The third kappa shape index (κ3) is 4.59. The minimum Gasteiger partial charge on any atom is -0.444 e. The Kier molecular flexibility index (Phi) is 4.47. The monoisotopic (exact) mass is 345 g/mol. The van der Waals surface area contributed by atoms with Gasteiger partial charge in [0.15, 0.2) is 0 Å². The molecule has 132 valence electrons. The zero-order chi connectivity index (χ0) is 18.2. The summed E-state index contributed by atoms with van der Waals surface area (Å²) in [6.07, 6.45) is -3.50. The smallest absolute Gasteiger partial charge is 0.433 e. The highest BCUT2D eigenvalue weighted by atomic mass is 19.4. The van der Waals surface area contributed by atoms with Crippen LogP contribution in [0.2, 0.25) is 0 Å². The lowest BCUT2D eigenvalue weighted by molar-refractivity contribution is -0.141. The molecule has 0 aromatic carbocycles. The Bertz CT molecular complexity index is 632. The molecule has 6 nitrogen and oxygen atoms in total. The van der Waals surface area contributed by atoms with Gasteiger partial charge in [-0.2, -0.15) is 13.2 Å². The lowest BCUT2D eigenvalue weighted by Crippen LogP contribution is -2.47. The summed E-state index contributed by atoms with van der Waals surface area (Å²) in [6.45, 7) is 5.08. The number of nitrogens with zero attached hydrogens (tertiary/aromatic N) is 1. The summed E-state index contributed by atoms with van der Waals surface area (Å²) < 4.78 is 42.4. The Labute approximate surface area is 136 Å². The fourth-order valence-electron chi connectivity index (χ4n) is 1.92. The van der Waals surface area contributed by atoms with E-state index in [1.54, 1.807) is 20.8 Å². The number of aromatic nitrogens is 1. The van der Waals surface area contributed by atoms with E-state index in [2.05, 4.69) is 15.6 Å². The van der Waals surface area contributed by atoms with Crippen LogP contribution in [-0.2, 0) is 15.7 Å². The van der Waals surface area contributed by atoms with Crippen molar-refractivity contribution in [1.82, 2.24) is 10.3 Å². The van der Waals surface area contributed by atoms with Gasteiger partial charge in [-0.1, -0.05) is 0 Å². The highest BCUT2D eigenvalue weighted by Gasteiger charge is 2.52. The fraction of sp³-hybridized carbons (Fsp3) is 0.533. The lowest BCUT2D eigenvalue weighted by atomic mass is 10.2. The van der Waals surface area contributed by atoms with Gasteiger partial charge in [0.2, 0.25) is 5.91 Å². The molecule has 0 atom stereocenters. The summed E-state index contributed by atoms with van der Waals surface area (Å²) in [7, 11) is 0. The van der Waals surface area contributed by atoms with Crippen LogP contribution >= 0.6 is 0 Å². The third-order valence-corrected chi connectivity index (χ3v) is 3.24. The number of carbonyl (C=O) groups is 2. The molecule has 1 aromatic heterocycles. The van der Waals surface area contributed by atoms with Crippen LogP contribution in [0, 0.1) is 0 Å². The summed E-state index contributed by atoms with van der Waals surface area (Å²) in [5.41, 5.74) is -2.72. The van der Waals surface area contributed by atoms with Crippen molar-refractivity contribution < 1.29 is 27.5 Å². The van der Waals surface area contributed by atoms with Crippen LogP contribution in [0.5, 0.6) is 0 Å². The molecule has 0 bridgehead atoms. The van der Waals surface area contributed by atoms with Crippen molar-refractivity contribution in [2.75, 3.05) is 5.32 Å². The SMILES string of the molecule is CC(C)(C)OC(=O)NC1(C(=O)Nc2ccc(C(F)(F)F)nc2)CC1. The van der Waals surface area contributed by atoms with Gasteiger partial charge in [0.1, 0.15) is 16.8 Å². The molecule has 1 heterocycles. The number of alkyl halides is 3. The van der Waals surface area contributed by atoms with Gasteiger partial charge in [0, 0.05) is 0 Å². The molecule has 2 rings (SSSR count). The van der Waals surface area contributed by atoms with Crippen molar-refractivity contribution in [3.05, 3.63) is 24.0 Å². The maximum absolute atomic E-state index is 12.4. The summed E-state index contributed by atoms with van der Waals surface area (Å²) in [5.74, 6) is -0.519. The number of alkyl carbamates (subject to hydrolysis) is 1. The predicted molar refractivity (Wildman–Crippen MR) is 79.2 cm³/mol. The quantitative estimate of drug-likeness (QED) is 0.882. The first-order chi connectivity index (χ1) is 10.9. The van der Waals surface area contributed by atoms with E-state index in [1.165, 1.54) is 0 Å². The molecule has 0 aliphatic heterocycles. The van der Waals surface area contributed by atoms with E-state index < -0.39 is 35.0 Å². The second-order valence-electron chi connectivity index (χ2n) is 6.59. The fourth-order valence-corrected chi connectivity index (χ4v) is 1.92. The number of anilines is 1. The largest absolute Gasteiger partial charge is 0.444 e. The summed E-state index contributed by atoms with van der Waals surface area (Å²) in [4.78, 5) is 27.3. The molecule has 9 heteroatoms. The zero-order valence-electron chi connectivity index (χ0n) is 13.5. The minimum absolute atomic E-state index is 0.116. The van der Waals surface area contributed by atoms with Crippen molar-refractivity contribution in [3.8, 4) is 0 Å². The average molecular weight is 345 g/mol. The number of rotatable bonds is 3. The number of amides is 2. The van der Waals surface area contributed by atoms with E-state index in [0.29, 0.717) is 12.8 Å². The van der Waals surface area contributed by atoms with E-state index in [1.807, 2.05) is 0 Å². The Hall–Kier alpha value is -2.32. The summed E-state index contributed by atoms with van der Waals surface area (Å²) in [6, 6.07) is 1.88. The molecule has 2 N–H and O–H groups in total. The van der Waals surface area contributed by atoms with E-state index in [0.717, 1.165) is 18.3 Å². The van der Waals surface area contributed by atoms with Gasteiger partial charge >= 0.3 is 12.3 Å². The van der Waals surface area contributed by atoms with Crippen LogP contribution in [0.25, 0.3) is 0 Å². The topological polar surface area (TPSA) is 80.3 Å². The molecular weight excluding hydrogens is 327 g/mol. The van der Waals surface area contributed by atoms with Gasteiger partial charge in [-0.3, -0.25) is 4.79 Å². The van der Waals surface area contributed by atoms with Crippen molar-refractivity contribution in [2.45, 2.75) is 50.9 Å². The molecule has 0 spiro atoms. The first kappa shape index (κ1) is 18.0. The number of nitrogens with one attached hydrogen (secondary N) is 2. The van der Waals surface area contributed by atoms with Crippen molar-refractivity contribution in [3.63, 3.8) is 0 Å². The van der Waals surface area contributed by atoms with Gasteiger partial charge in [-0.25, -0.2) is 9.78 Å². The maximum Gasteiger partial charge on any atom is 0.433 e. The second-order valence-corrected chi connectivity index (χ2v) is 6.59. The predicted octanol–water partition coefficient (Wildman–Crippen LogP) is 3.10. The molecule has 24 heavy (non-hydrogen) atoms. The lowest BCUT2D eigenvalue weighted by Gasteiger charge is -2.23. The van der Waals surface area contributed by atoms with E-state index in [9.17, 15) is 22.8 Å². The Morgan fingerprint density at radius 3 is 2.25 bits per heavy atom. The van der Waals surface area contributed by atoms with E-state index >= 15 is 0 Å². The van der Waals surface area contributed by atoms with Gasteiger partial charge in [-0.15, -0.1) is 0 Å². The van der Waals surface area contributed by atoms with Crippen LogP contribution in [0.4, 0.5) is 23.7 Å². The molecular formula is C15H18F3N3O3. The molecule has 1 aromatic rings. The van der Waals surface area contributed by atoms with Gasteiger partial charge in [-0.05, 0) is 45.7 Å². The van der Waals surface area contributed by atoms with Crippen LogP contribution < -0.4 is 10.6 Å². The van der Waals surface area contributed by atoms with Crippen LogP contribution in [0.15, 0.2) is 18.3 Å². The Morgan fingerprint density at radius 2 is 1.83 bits per heavy atom. The second kappa shape index (κ2) is 5.95. The number of ether oxygens (including phenoxy) is 1. The third-order valence-electron chi connectivity index (χ3n) is 3.24. The first-order valence-electron chi connectivity index (χ1n) is 7.27. The molecule has 2 amide bonds. The van der Waals surface area contributed by atoms with Crippen molar-refractivity contribution in [1.29, 1.82) is 0 Å². The van der Waals surface area contributed by atoms with Crippen LogP contribution in [0.1, 0.15) is 39.3 Å². The summed E-state index contributed by atoms with van der Waals surface area (Å²) in [5, 5.41) is 4.96. The van der Waals surface area contributed by atoms with Gasteiger partial charge in [0.05, 0.1) is 11.9 Å². The van der Waals surface area contributed by atoms with Crippen molar-refractivity contribution >= 4 is 17.7 Å². The molecule has 1 fully saturated rings.